The van der Waals surface area contributed by atoms with Gasteiger partial charge in [0, 0.05) is 11.3 Å². The Morgan fingerprint density at radius 2 is 1.90 bits per heavy atom. The van der Waals surface area contributed by atoms with Gasteiger partial charge in [0.1, 0.15) is 5.41 Å². The van der Waals surface area contributed by atoms with Gasteiger partial charge in [-0.15, -0.1) is 0 Å². The van der Waals surface area contributed by atoms with Crippen molar-refractivity contribution in [3.05, 3.63) is 64.7 Å². The lowest BCUT2D eigenvalue weighted by Crippen LogP contribution is -2.37. The Hall–Kier alpha value is -2.22. The van der Waals surface area contributed by atoms with Crippen molar-refractivity contribution in [3.63, 3.8) is 0 Å². The van der Waals surface area contributed by atoms with Crippen molar-refractivity contribution in [3.8, 4) is 0 Å². The molecule has 2 aromatic rings. The maximum Gasteiger partial charge on any atom is 0.179 e. The van der Waals surface area contributed by atoms with E-state index in [2.05, 4.69) is 17.1 Å². The van der Waals surface area contributed by atoms with Crippen molar-refractivity contribution < 1.29 is 4.79 Å². The molecule has 0 N–H and O–H groups in total. The van der Waals surface area contributed by atoms with Crippen LogP contribution in [0.25, 0.3) is 0 Å². The summed E-state index contributed by atoms with van der Waals surface area (Å²) >= 11 is 0. The monoisotopic (exact) mass is 261 g/mol. The summed E-state index contributed by atoms with van der Waals surface area (Å²) in [6, 6.07) is 14.2. The Kier molecular flexibility index (Phi) is 2.12. The minimum atomic E-state index is -0.549. The molecule has 20 heavy (non-hydrogen) atoms. The second-order valence-electron chi connectivity index (χ2n) is 5.79. The molecule has 1 aliphatic heterocycles. The highest BCUT2D eigenvalue weighted by atomic mass is 16.1. The quantitative estimate of drug-likeness (QED) is 0.709. The summed E-state index contributed by atoms with van der Waals surface area (Å²) < 4.78 is 0. The highest BCUT2D eigenvalue weighted by Gasteiger charge is 2.52. The lowest BCUT2D eigenvalue weighted by molar-refractivity contribution is 0.0946. The third-order valence-corrected chi connectivity index (χ3v) is 4.62. The van der Waals surface area contributed by atoms with Gasteiger partial charge in [0.05, 0.1) is 5.69 Å². The molecule has 2 heteroatoms. The van der Waals surface area contributed by atoms with Gasteiger partial charge in [0.15, 0.2) is 5.78 Å². The molecule has 2 nitrogen and oxygen atoms in total. The summed E-state index contributed by atoms with van der Waals surface area (Å²) in [5.41, 5.74) is 5.54. The first-order valence-electron chi connectivity index (χ1n) is 6.92. The fourth-order valence-corrected chi connectivity index (χ4v) is 3.56. The van der Waals surface area contributed by atoms with Gasteiger partial charge >= 0.3 is 0 Å². The zero-order valence-corrected chi connectivity index (χ0v) is 11.6. The number of carbonyl (C=O) groups is 1. The zero-order chi connectivity index (χ0) is 13.9. The first-order valence-corrected chi connectivity index (χ1v) is 6.92. The van der Waals surface area contributed by atoms with E-state index in [1.807, 2.05) is 44.2 Å². The number of ketones is 1. The van der Waals surface area contributed by atoms with E-state index in [9.17, 15) is 4.79 Å². The molecule has 1 aliphatic carbocycles. The van der Waals surface area contributed by atoms with Crippen LogP contribution in [-0.4, -0.2) is 11.5 Å². The van der Waals surface area contributed by atoms with Crippen molar-refractivity contribution in [2.45, 2.75) is 25.7 Å². The third-order valence-electron chi connectivity index (χ3n) is 4.62. The molecule has 1 unspecified atom stereocenters. The largest absolute Gasteiger partial charge is 0.293 e. The normalized spacial score (nSPS) is 22.9. The average molecular weight is 261 g/mol. The first-order chi connectivity index (χ1) is 9.63. The van der Waals surface area contributed by atoms with Gasteiger partial charge in [-0.1, -0.05) is 35.9 Å². The number of rotatable bonds is 0. The molecular formula is C18H15NO. The molecule has 0 bridgehead atoms. The molecule has 1 heterocycles. The third kappa shape index (κ3) is 1.24. The number of Topliss-reactive ketones (excluding diaryl/α,β-unsaturated/α-hetero) is 1. The van der Waals surface area contributed by atoms with Crippen molar-refractivity contribution in [2.24, 2.45) is 4.99 Å². The molecule has 0 radical (unpaired) electrons. The number of para-hydroxylation sites is 1. The van der Waals surface area contributed by atoms with Crippen molar-refractivity contribution in [1.29, 1.82) is 0 Å². The van der Waals surface area contributed by atoms with Gasteiger partial charge in [-0.3, -0.25) is 9.79 Å². The van der Waals surface area contributed by atoms with Crippen LogP contribution >= 0.6 is 0 Å². The summed E-state index contributed by atoms with van der Waals surface area (Å²) in [5, 5.41) is 0. The van der Waals surface area contributed by atoms with Crippen LogP contribution in [0.4, 0.5) is 5.69 Å². The Morgan fingerprint density at radius 3 is 2.75 bits per heavy atom. The molecule has 0 amide bonds. The lowest BCUT2D eigenvalue weighted by Gasteiger charge is -2.23. The van der Waals surface area contributed by atoms with Crippen LogP contribution in [0.15, 0.2) is 47.5 Å². The molecule has 2 aromatic carbocycles. The van der Waals surface area contributed by atoms with Crippen molar-refractivity contribution >= 4 is 17.2 Å². The van der Waals surface area contributed by atoms with Crippen LogP contribution < -0.4 is 0 Å². The smallest absolute Gasteiger partial charge is 0.179 e. The highest BCUT2D eigenvalue weighted by molar-refractivity contribution is 6.26. The topological polar surface area (TPSA) is 29.4 Å². The minimum absolute atomic E-state index is 0.211. The summed E-state index contributed by atoms with van der Waals surface area (Å²) in [6.45, 7) is 4.01. The van der Waals surface area contributed by atoms with Crippen LogP contribution in [0, 0.1) is 6.92 Å². The number of carbonyl (C=O) groups excluding carboxylic acids is 1. The number of benzene rings is 2. The van der Waals surface area contributed by atoms with E-state index in [-0.39, 0.29) is 5.78 Å². The number of fused-ring (bicyclic) bond motifs is 3. The SMILES string of the molecule is CC1=Nc2ccccc2C12Cc1ccc(C)cc1C2=O. The van der Waals surface area contributed by atoms with E-state index < -0.39 is 5.41 Å². The van der Waals surface area contributed by atoms with Crippen molar-refractivity contribution in [2.75, 3.05) is 0 Å². The maximum atomic E-state index is 13.1. The summed E-state index contributed by atoms with van der Waals surface area (Å²) in [5.74, 6) is 0.211. The molecule has 0 saturated carbocycles. The number of nitrogens with zero attached hydrogens (tertiary/aromatic N) is 1. The second kappa shape index (κ2) is 3.66. The van der Waals surface area contributed by atoms with E-state index in [0.29, 0.717) is 0 Å². The van der Waals surface area contributed by atoms with Crippen molar-refractivity contribution in [1.82, 2.24) is 0 Å². The van der Waals surface area contributed by atoms with Gasteiger partial charge in [-0.2, -0.15) is 0 Å². The Balaban J connectivity index is 1.98. The molecule has 1 spiro atoms. The number of aryl methyl sites for hydroxylation is 1. The fraction of sp³-hybridized carbons (Fsp3) is 0.222. The Morgan fingerprint density at radius 1 is 1.10 bits per heavy atom. The van der Waals surface area contributed by atoms with Crippen LogP contribution in [0.3, 0.4) is 0 Å². The van der Waals surface area contributed by atoms with E-state index >= 15 is 0 Å². The maximum absolute atomic E-state index is 13.1. The molecular weight excluding hydrogens is 246 g/mol. The van der Waals surface area contributed by atoms with Gasteiger partial charge in [0.2, 0.25) is 0 Å². The summed E-state index contributed by atoms with van der Waals surface area (Å²) in [6.07, 6.45) is 0.744. The summed E-state index contributed by atoms with van der Waals surface area (Å²) in [4.78, 5) is 17.7. The number of hydrogen-bond acceptors (Lipinski definition) is 2. The molecule has 98 valence electrons. The van der Waals surface area contributed by atoms with Crippen LogP contribution in [0.5, 0.6) is 0 Å². The Bertz CT molecular complexity index is 788. The average Bonchev–Trinajstić information content (AvgIpc) is 2.89. The predicted molar refractivity (Wildman–Crippen MR) is 80.1 cm³/mol. The van der Waals surface area contributed by atoms with E-state index in [1.165, 1.54) is 0 Å². The van der Waals surface area contributed by atoms with Gasteiger partial charge in [-0.05, 0) is 43.5 Å². The molecule has 1 atom stereocenters. The van der Waals surface area contributed by atoms with E-state index in [0.717, 1.165) is 40.1 Å². The standard InChI is InChI=1S/C18H15NO/c1-11-7-8-13-10-18(17(20)14(13)9-11)12(2)19-16-6-4-3-5-15(16)18/h3-9H,10H2,1-2H3. The molecule has 2 aliphatic rings. The number of aliphatic imine (C=N–C) groups is 1. The van der Waals surface area contributed by atoms with E-state index in [1.54, 1.807) is 0 Å². The predicted octanol–water partition coefficient (Wildman–Crippen LogP) is 3.78. The Labute approximate surface area is 118 Å². The van der Waals surface area contributed by atoms with Gasteiger partial charge in [0.25, 0.3) is 0 Å². The molecule has 0 saturated heterocycles. The molecule has 0 fully saturated rings. The van der Waals surface area contributed by atoms with Gasteiger partial charge < -0.3 is 0 Å². The minimum Gasteiger partial charge on any atom is -0.293 e. The van der Waals surface area contributed by atoms with Gasteiger partial charge in [-0.25, -0.2) is 0 Å². The lowest BCUT2D eigenvalue weighted by atomic mass is 9.74. The fourth-order valence-electron chi connectivity index (χ4n) is 3.56. The molecule has 0 aromatic heterocycles. The van der Waals surface area contributed by atoms with E-state index in [4.69, 9.17) is 0 Å². The summed E-state index contributed by atoms with van der Waals surface area (Å²) in [7, 11) is 0. The molecule has 4 rings (SSSR count). The zero-order valence-electron chi connectivity index (χ0n) is 11.6. The van der Waals surface area contributed by atoms with Crippen LogP contribution in [0.2, 0.25) is 0 Å². The first kappa shape index (κ1) is 11.6. The van der Waals surface area contributed by atoms with Crippen LogP contribution in [0.1, 0.15) is 34.0 Å². The number of hydrogen-bond donors (Lipinski definition) is 0. The van der Waals surface area contributed by atoms with Crippen LogP contribution in [-0.2, 0) is 11.8 Å². The highest BCUT2D eigenvalue weighted by Crippen LogP contribution is 2.48. The second-order valence-corrected chi connectivity index (χ2v) is 5.79.